The molecule has 0 aliphatic rings. The molecule has 1 unspecified atom stereocenters. The number of Topliss-reactive ketones (excluding diaryl/α,β-unsaturated/α-hetero) is 3. The molecule has 33 heavy (non-hydrogen) atoms. The highest BCUT2D eigenvalue weighted by Crippen LogP contribution is 2.47. The van der Waals surface area contributed by atoms with E-state index >= 15 is 0 Å². The van der Waals surface area contributed by atoms with Crippen LogP contribution in [0.2, 0.25) is 0 Å². The summed E-state index contributed by atoms with van der Waals surface area (Å²) in [6, 6.07) is 0. The number of esters is 1. The van der Waals surface area contributed by atoms with E-state index in [1.807, 2.05) is 0 Å². The lowest BCUT2D eigenvalue weighted by molar-refractivity contribution is -0.204. The largest absolute Gasteiger partial charge is 0.440 e. The third-order valence-electron chi connectivity index (χ3n) is 5.03. The van der Waals surface area contributed by atoms with Crippen LogP contribution < -0.4 is 0 Å². The quantitative estimate of drug-likeness (QED) is 0.190. The Hall–Kier alpha value is -0.480. The molecule has 0 spiro atoms. The molecule has 0 bridgehead atoms. The van der Waals surface area contributed by atoms with Crippen LogP contribution in [-0.2, 0) is 23.9 Å². The van der Waals surface area contributed by atoms with Crippen molar-refractivity contribution in [3.05, 3.63) is 0 Å². The van der Waals surface area contributed by atoms with Crippen LogP contribution in [-0.4, -0.2) is 83.1 Å². The molecule has 1 atom stereocenters. The van der Waals surface area contributed by atoms with Crippen molar-refractivity contribution >= 4 is 69.7 Å². The van der Waals surface area contributed by atoms with Gasteiger partial charge in [-0.2, -0.15) is 0 Å². The Kier molecular flexibility index (Phi) is 10.1. The number of hydrogen-bond acceptors (Lipinski definition) is 8. The number of halogens is 4. The minimum absolute atomic E-state index is 1.14. The monoisotopic (exact) mass is 552 g/mol. The Balaban J connectivity index is 7.84. The van der Waals surface area contributed by atoms with Crippen LogP contribution in [0.4, 0.5) is 0 Å². The zero-order valence-electron chi connectivity index (χ0n) is 19.9. The molecule has 0 saturated heterocycles. The molecule has 0 aliphatic heterocycles. The second kappa shape index (κ2) is 10.2. The summed E-state index contributed by atoms with van der Waals surface area (Å²) in [5.41, 5.74) is -6.24. The van der Waals surface area contributed by atoms with E-state index in [0.29, 0.717) is 0 Å². The molecule has 0 amide bonds. The first-order valence-electron chi connectivity index (χ1n) is 9.91. The lowest BCUT2D eigenvalue weighted by Crippen LogP contribution is -2.75. The molecule has 0 heterocycles. The van der Waals surface area contributed by atoms with Gasteiger partial charge in [0.05, 0.1) is 18.1 Å². The van der Waals surface area contributed by atoms with Crippen LogP contribution in [0.25, 0.3) is 0 Å². The number of ether oxygens (including phenoxy) is 1. The highest BCUT2D eigenvalue weighted by molar-refractivity contribution is 6.44. The van der Waals surface area contributed by atoms with Gasteiger partial charge in [0.15, 0.2) is 5.78 Å². The van der Waals surface area contributed by atoms with Crippen molar-refractivity contribution in [3.8, 4) is 0 Å². The maximum atomic E-state index is 13.8. The van der Waals surface area contributed by atoms with Crippen LogP contribution in [0, 0.1) is 5.41 Å². The highest BCUT2D eigenvalue weighted by atomic mass is 35.5. The fraction of sp³-hybridized carbons (Fsp3) is 0.810. The standard InChI is InChI=1S/C21H32Cl4O8/c1-16(2,22)11(28)12(29)20(9-26,10-27)21(13(30)17(3,4)23,14(31)18(5,6)24)33-15(32)19(7,8)25/h11,26-28H,9-10H2,1-8H3. The van der Waals surface area contributed by atoms with Gasteiger partial charge >= 0.3 is 5.97 Å². The zero-order chi connectivity index (χ0) is 27.0. The van der Waals surface area contributed by atoms with Gasteiger partial charge < -0.3 is 20.1 Å². The Labute approximate surface area is 213 Å². The second-order valence-corrected chi connectivity index (χ2v) is 13.7. The summed E-state index contributed by atoms with van der Waals surface area (Å²) in [6.45, 7) is 6.58. The number of carbonyl (C=O) groups is 4. The minimum Gasteiger partial charge on any atom is -0.440 e. The maximum Gasteiger partial charge on any atom is 0.328 e. The molecule has 0 fully saturated rings. The number of hydrogen-bond donors (Lipinski definition) is 3. The molecule has 0 saturated carbocycles. The van der Waals surface area contributed by atoms with Gasteiger partial charge in [-0.05, 0) is 55.4 Å². The molecule has 0 aliphatic carbocycles. The Bertz CT molecular complexity index is 752. The van der Waals surface area contributed by atoms with Gasteiger partial charge in [-0.25, -0.2) is 0 Å². The molecule has 0 aromatic carbocycles. The van der Waals surface area contributed by atoms with E-state index in [4.69, 9.17) is 51.1 Å². The summed E-state index contributed by atoms with van der Waals surface area (Å²) < 4.78 is 5.38. The number of aliphatic hydroxyl groups is 3. The molecule has 0 aromatic rings. The van der Waals surface area contributed by atoms with Gasteiger partial charge in [0.1, 0.15) is 26.1 Å². The molecule has 0 rings (SSSR count). The summed E-state index contributed by atoms with van der Waals surface area (Å²) in [4.78, 5) is 46.5. The number of ketones is 3. The molecule has 0 aromatic heterocycles. The molecule has 3 N–H and O–H groups in total. The van der Waals surface area contributed by atoms with E-state index in [1.165, 1.54) is 27.7 Å². The van der Waals surface area contributed by atoms with Crippen molar-refractivity contribution in [2.75, 3.05) is 13.2 Å². The van der Waals surface area contributed by atoms with Crippen molar-refractivity contribution in [2.24, 2.45) is 5.41 Å². The predicted molar refractivity (Wildman–Crippen MR) is 126 cm³/mol. The average Bonchev–Trinajstić information content (AvgIpc) is 2.62. The lowest BCUT2D eigenvalue weighted by Gasteiger charge is -2.49. The highest BCUT2D eigenvalue weighted by Gasteiger charge is 2.72. The summed E-state index contributed by atoms with van der Waals surface area (Å²) in [6.07, 6.45) is -2.14. The number of alkyl halides is 4. The third kappa shape index (κ3) is 6.40. The van der Waals surface area contributed by atoms with Crippen LogP contribution in [0.5, 0.6) is 0 Å². The van der Waals surface area contributed by atoms with Crippen LogP contribution >= 0.6 is 46.4 Å². The third-order valence-corrected chi connectivity index (χ3v) is 5.74. The molecule has 0 radical (unpaired) electrons. The second-order valence-electron chi connectivity index (χ2n) is 9.88. The molecule has 8 nitrogen and oxygen atoms in total. The normalized spacial score (nSPS) is 15.1. The Morgan fingerprint density at radius 3 is 1.27 bits per heavy atom. The van der Waals surface area contributed by atoms with Crippen molar-refractivity contribution < 1.29 is 39.2 Å². The van der Waals surface area contributed by atoms with E-state index < -0.39 is 73.1 Å². The minimum atomic E-state index is -3.30. The molecule has 12 heteroatoms. The van der Waals surface area contributed by atoms with Gasteiger partial charge in [0, 0.05) is 0 Å². The smallest absolute Gasteiger partial charge is 0.328 e. The zero-order valence-corrected chi connectivity index (χ0v) is 22.9. The fourth-order valence-corrected chi connectivity index (χ4v) is 3.40. The van der Waals surface area contributed by atoms with Crippen molar-refractivity contribution in [1.29, 1.82) is 0 Å². The van der Waals surface area contributed by atoms with Crippen LogP contribution in [0.15, 0.2) is 0 Å². The SMILES string of the molecule is CC(C)(Cl)C(=O)OC(C(=O)C(C)(C)Cl)(C(=O)C(C)(C)Cl)C(CO)(CO)C(=O)C(O)C(C)(C)Cl. The van der Waals surface area contributed by atoms with Crippen LogP contribution in [0.3, 0.4) is 0 Å². The molecular formula is C21H32Cl4O8. The summed E-state index contributed by atoms with van der Waals surface area (Å²) in [5.74, 6) is -5.55. The number of aliphatic hydroxyl groups excluding tert-OH is 3. The van der Waals surface area contributed by atoms with Gasteiger partial charge in [0.2, 0.25) is 17.2 Å². The van der Waals surface area contributed by atoms with E-state index in [2.05, 4.69) is 0 Å². The van der Waals surface area contributed by atoms with Gasteiger partial charge in [-0.3, -0.25) is 19.2 Å². The molecule has 192 valence electrons. The fourth-order valence-electron chi connectivity index (χ4n) is 3.00. The first-order valence-corrected chi connectivity index (χ1v) is 11.4. The van der Waals surface area contributed by atoms with E-state index in [0.717, 1.165) is 27.7 Å². The molecular weight excluding hydrogens is 522 g/mol. The predicted octanol–water partition coefficient (Wildman–Crippen LogP) is 2.38. The van der Waals surface area contributed by atoms with Crippen molar-refractivity contribution in [1.82, 2.24) is 0 Å². The maximum absolute atomic E-state index is 13.8. The van der Waals surface area contributed by atoms with Gasteiger partial charge in [0.25, 0.3) is 0 Å². The van der Waals surface area contributed by atoms with Crippen molar-refractivity contribution in [3.63, 3.8) is 0 Å². The first-order chi connectivity index (χ1) is 14.4. The van der Waals surface area contributed by atoms with Gasteiger partial charge in [-0.15, -0.1) is 46.4 Å². The topological polar surface area (TPSA) is 138 Å². The summed E-state index contributed by atoms with van der Waals surface area (Å²) in [5, 5.41) is 31.4. The van der Waals surface area contributed by atoms with Crippen LogP contribution in [0.1, 0.15) is 55.4 Å². The lowest BCUT2D eigenvalue weighted by atomic mass is 9.60. The van der Waals surface area contributed by atoms with E-state index in [9.17, 15) is 34.5 Å². The van der Waals surface area contributed by atoms with E-state index in [-0.39, 0.29) is 0 Å². The number of carbonyl (C=O) groups excluding carboxylic acids is 4. The Morgan fingerprint density at radius 1 is 0.727 bits per heavy atom. The Morgan fingerprint density at radius 2 is 1.06 bits per heavy atom. The van der Waals surface area contributed by atoms with Crippen molar-refractivity contribution in [2.45, 2.75) is 86.6 Å². The summed E-state index contributed by atoms with van der Waals surface area (Å²) >= 11 is 24.6. The summed E-state index contributed by atoms with van der Waals surface area (Å²) in [7, 11) is 0. The van der Waals surface area contributed by atoms with Gasteiger partial charge in [-0.1, -0.05) is 0 Å². The number of rotatable bonds is 12. The first kappa shape index (κ1) is 32.5. The average molecular weight is 554 g/mol. The van der Waals surface area contributed by atoms with E-state index in [1.54, 1.807) is 0 Å².